The third-order valence-electron chi connectivity index (χ3n) is 2.52. The fourth-order valence-corrected chi connectivity index (χ4v) is 2.85. The van der Waals surface area contributed by atoms with Crippen molar-refractivity contribution in [2.24, 2.45) is 0 Å². The number of aliphatic hydroxyl groups excluding tert-OH is 1. The fourth-order valence-electron chi connectivity index (χ4n) is 1.56. The molecule has 0 aromatic heterocycles. The number of benzene rings is 2. The summed E-state index contributed by atoms with van der Waals surface area (Å²) in [6.45, 7) is -0.312. The maximum Gasteiger partial charge on any atom is 0.261 e. The second-order valence-electron chi connectivity index (χ2n) is 3.88. The van der Waals surface area contributed by atoms with E-state index in [9.17, 15) is 8.42 Å². The Balaban J connectivity index is 2.35. The number of sulfonamides is 1. The van der Waals surface area contributed by atoms with E-state index < -0.39 is 10.0 Å². The fraction of sp³-hybridized carbons (Fsp3) is 0.0769. The van der Waals surface area contributed by atoms with Gasteiger partial charge in [0.15, 0.2) is 0 Å². The summed E-state index contributed by atoms with van der Waals surface area (Å²) in [6, 6.07) is 12.8. The van der Waals surface area contributed by atoms with Crippen molar-refractivity contribution < 1.29 is 13.5 Å². The van der Waals surface area contributed by atoms with Crippen molar-refractivity contribution in [3.63, 3.8) is 0 Å². The Morgan fingerprint density at radius 3 is 2.42 bits per heavy atom. The van der Waals surface area contributed by atoms with E-state index in [1.807, 2.05) is 0 Å². The van der Waals surface area contributed by atoms with E-state index >= 15 is 0 Å². The highest BCUT2D eigenvalue weighted by Crippen LogP contribution is 2.22. The van der Waals surface area contributed by atoms with Gasteiger partial charge < -0.3 is 5.11 Å². The molecule has 100 valence electrons. The average Bonchev–Trinajstić information content (AvgIpc) is 2.39. The molecule has 0 aliphatic carbocycles. The topological polar surface area (TPSA) is 66.4 Å². The molecule has 0 saturated carbocycles. The Kier molecular flexibility index (Phi) is 4.09. The van der Waals surface area contributed by atoms with Crippen molar-refractivity contribution in [2.75, 3.05) is 4.72 Å². The van der Waals surface area contributed by atoms with Crippen LogP contribution in [0.15, 0.2) is 53.4 Å². The van der Waals surface area contributed by atoms with Gasteiger partial charge in [-0.25, -0.2) is 8.42 Å². The Hall–Kier alpha value is -1.56. The van der Waals surface area contributed by atoms with Gasteiger partial charge in [0, 0.05) is 10.7 Å². The van der Waals surface area contributed by atoms with Crippen LogP contribution in [-0.4, -0.2) is 13.5 Å². The Bertz CT molecular complexity index is 672. The first-order valence-electron chi connectivity index (χ1n) is 5.50. The summed E-state index contributed by atoms with van der Waals surface area (Å²) in [6.07, 6.45) is 0. The molecule has 0 spiro atoms. The van der Waals surface area contributed by atoms with Crippen molar-refractivity contribution in [3.8, 4) is 0 Å². The summed E-state index contributed by atoms with van der Waals surface area (Å²) in [7, 11) is -3.68. The monoisotopic (exact) mass is 297 g/mol. The minimum Gasteiger partial charge on any atom is -0.392 e. The molecule has 0 bridgehead atoms. The first-order valence-corrected chi connectivity index (χ1v) is 7.36. The maximum atomic E-state index is 12.1. The third-order valence-corrected chi connectivity index (χ3v) is 4.27. The number of hydrogen-bond donors (Lipinski definition) is 2. The van der Waals surface area contributed by atoms with Crippen LogP contribution in [0.5, 0.6) is 0 Å². The van der Waals surface area contributed by atoms with Gasteiger partial charge in [-0.2, -0.15) is 0 Å². The highest BCUT2D eigenvalue weighted by molar-refractivity contribution is 7.92. The summed E-state index contributed by atoms with van der Waals surface area (Å²) in [4.78, 5) is 0.0600. The van der Waals surface area contributed by atoms with Crippen LogP contribution in [0.25, 0.3) is 0 Å². The van der Waals surface area contributed by atoms with Gasteiger partial charge in [-0.1, -0.05) is 29.8 Å². The lowest BCUT2D eigenvalue weighted by Gasteiger charge is -2.09. The number of nitrogens with one attached hydrogen (secondary N) is 1. The Morgan fingerprint density at radius 1 is 1.11 bits per heavy atom. The minimum absolute atomic E-state index is 0.0600. The van der Waals surface area contributed by atoms with E-state index in [4.69, 9.17) is 16.7 Å². The van der Waals surface area contributed by atoms with E-state index in [1.54, 1.807) is 30.3 Å². The van der Waals surface area contributed by atoms with Gasteiger partial charge in [0.2, 0.25) is 0 Å². The number of rotatable bonds is 4. The van der Waals surface area contributed by atoms with Gasteiger partial charge in [-0.05, 0) is 35.9 Å². The molecule has 0 amide bonds. The summed E-state index contributed by atoms with van der Waals surface area (Å²) in [5, 5.41) is 9.43. The first kappa shape index (κ1) is 13.9. The lowest BCUT2D eigenvalue weighted by molar-refractivity contribution is 0.281. The second-order valence-corrected chi connectivity index (χ2v) is 5.97. The van der Waals surface area contributed by atoms with E-state index in [1.165, 1.54) is 18.2 Å². The van der Waals surface area contributed by atoms with Crippen LogP contribution in [0.4, 0.5) is 5.69 Å². The molecule has 19 heavy (non-hydrogen) atoms. The van der Waals surface area contributed by atoms with Crippen LogP contribution in [0.1, 0.15) is 5.56 Å². The molecule has 0 fully saturated rings. The molecule has 0 aliphatic rings. The molecular formula is C13H12ClNO3S. The molecule has 2 N–H and O–H groups in total. The first-order chi connectivity index (χ1) is 9.03. The van der Waals surface area contributed by atoms with Crippen LogP contribution in [0.3, 0.4) is 0 Å². The minimum atomic E-state index is -3.68. The van der Waals surface area contributed by atoms with Gasteiger partial charge >= 0.3 is 0 Å². The number of hydrogen-bond acceptors (Lipinski definition) is 3. The summed E-state index contributed by atoms with van der Waals surface area (Å²) in [5.74, 6) is 0. The number of para-hydroxylation sites is 1. The average molecular weight is 298 g/mol. The van der Waals surface area contributed by atoms with Crippen molar-refractivity contribution in [1.82, 2.24) is 0 Å². The summed E-state index contributed by atoms with van der Waals surface area (Å²) < 4.78 is 26.7. The normalized spacial score (nSPS) is 11.3. The highest BCUT2D eigenvalue weighted by Gasteiger charge is 2.15. The highest BCUT2D eigenvalue weighted by atomic mass is 35.5. The van der Waals surface area contributed by atoms with Crippen molar-refractivity contribution in [2.45, 2.75) is 11.5 Å². The van der Waals surface area contributed by atoms with Gasteiger partial charge in [0.05, 0.1) is 11.5 Å². The molecule has 0 heterocycles. The molecule has 0 unspecified atom stereocenters. The second kappa shape index (κ2) is 5.61. The zero-order chi connectivity index (χ0) is 13.9. The molecule has 4 nitrogen and oxygen atoms in total. The summed E-state index contributed by atoms with van der Waals surface area (Å²) >= 11 is 5.83. The van der Waals surface area contributed by atoms with Crippen LogP contribution in [0.2, 0.25) is 5.02 Å². The standard InChI is InChI=1S/C13H12ClNO3S/c14-13-7-6-12(8-10(13)9-16)19(17,18)15-11-4-2-1-3-5-11/h1-8,15-16H,9H2. The number of halogens is 1. The predicted octanol–water partition coefficient (Wildman–Crippen LogP) is 2.63. The predicted molar refractivity (Wildman–Crippen MR) is 74.6 cm³/mol. The van der Waals surface area contributed by atoms with Crippen molar-refractivity contribution in [1.29, 1.82) is 0 Å². The Morgan fingerprint density at radius 2 is 1.79 bits per heavy atom. The van der Waals surface area contributed by atoms with E-state index in [-0.39, 0.29) is 11.5 Å². The van der Waals surface area contributed by atoms with Crippen molar-refractivity contribution >= 4 is 27.3 Å². The molecule has 0 saturated heterocycles. The van der Waals surface area contributed by atoms with Crippen LogP contribution >= 0.6 is 11.6 Å². The molecule has 2 aromatic rings. The largest absolute Gasteiger partial charge is 0.392 e. The molecule has 2 rings (SSSR count). The Labute approximate surface area is 116 Å². The van der Waals surface area contributed by atoms with Gasteiger partial charge in [0.25, 0.3) is 10.0 Å². The van der Waals surface area contributed by atoms with Crippen LogP contribution < -0.4 is 4.72 Å². The van der Waals surface area contributed by atoms with Gasteiger partial charge in [-0.3, -0.25) is 4.72 Å². The zero-order valence-electron chi connectivity index (χ0n) is 9.88. The molecule has 0 atom stereocenters. The third kappa shape index (κ3) is 3.26. The summed E-state index contributed by atoms with van der Waals surface area (Å²) in [5.41, 5.74) is 0.848. The molecule has 2 aromatic carbocycles. The molecule has 0 aliphatic heterocycles. The number of aliphatic hydroxyl groups is 1. The number of anilines is 1. The van der Waals surface area contributed by atoms with E-state index in [0.717, 1.165) is 0 Å². The SMILES string of the molecule is O=S(=O)(Nc1ccccc1)c1ccc(Cl)c(CO)c1. The molecular weight excluding hydrogens is 286 g/mol. The van der Waals surface area contributed by atoms with Gasteiger partial charge in [-0.15, -0.1) is 0 Å². The van der Waals surface area contributed by atoms with Gasteiger partial charge in [0.1, 0.15) is 0 Å². The molecule has 0 radical (unpaired) electrons. The maximum absolute atomic E-state index is 12.1. The lowest BCUT2D eigenvalue weighted by atomic mass is 10.2. The zero-order valence-corrected chi connectivity index (χ0v) is 11.4. The van der Waals surface area contributed by atoms with Crippen LogP contribution in [-0.2, 0) is 16.6 Å². The van der Waals surface area contributed by atoms with Crippen LogP contribution in [0, 0.1) is 0 Å². The smallest absolute Gasteiger partial charge is 0.261 e. The molecule has 6 heteroatoms. The van der Waals surface area contributed by atoms with E-state index in [0.29, 0.717) is 16.3 Å². The quantitative estimate of drug-likeness (QED) is 0.911. The van der Waals surface area contributed by atoms with Crippen molar-refractivity contribution in [3.05, 3.63) is 59.1 Å². The van der Waals surface area contributed by atoms with E-state index in [2.05, 4.69) is 4.72 Å². The lowest BCUT2D eigenvalue weighted by Crippen LogP contribution is -2.13.